The Morgan fingerprint density at radius 1 is 0.857 bits per heavy atom. The van der Waals surface area contributed by atoms with Gasteiger partial charge in [0.25, 0.3) is 0 Å². The molecule has 0 unspecified atom stereocenters. The smallest absolute Gasteiger partial charge is 0 e. The Hall–Kier alpha value is 0.415. The number of rotatable bonds is 5. The Labute approximate surface area is 112 Å². The van der Waals surface area contributed by atoms with E-state index in [0.29, 0.717) is 0 Å². The minimum atomic E-state index is 0. The first-order chi connectivity index (χ1) is 5.93. The maximum atomic E-state index is 2.25. The summed E-state index contributed by atoms with van der Waals surface area (Å²) in [7, 11) is 0. The van der Waals surface area contributed by atoms with Crippen LogP contribution >= 0.6 is 0 Å². The summed E-state index contributed by atoms with van der Waals surface area (Å²) in [6.07, 6.45) is 6.69. The van der Waals surface area contributed by atoms with Crippen LogP contribution in [0, 0.1) is 0 Å². The number of unbranched alkanes of at least 4 members (excludes halogenated alkanes) is 3. The summed E-state index contributed by atoms with van der Waals surface area (Å²) in [6.45, 7) is 2.25. The molecule has 0 bridgehead atoms. The summed E-state index contributed by atoms with van der Waals surface area (Å²) >= 11 is 0. The molecule has 0 aliphatic carbocycles. The van der Waals surface area contributed by atoms with Crippen molar-refractivity contribution < 1.29 is 0 Å². The summed E-state index contributed by atoms with van der Waals surface area (Å²) < 4.78 is 0. The molecular formula is C12H18Li2. The van der Waals surface area contributed by atoms with Gasteiger partial charge in [-0.1, -0.05) is 56.5 Å². The van der Waals surface area contributed by atoms with Crippen LogP contribution in [0.15, 0.2) is 30.3 Å². The van der Waals surface area contributed by atoms with Gasteiger partial charge < -0.3 is 0 Å². The molecule has 0 atom stereocenters. The number of benzene rings is 1. The van der Waals surface area contributed by atoms with Crippen LogP contribution in [0.4, 0.5) is 0 Å². The van der Waals surface area contributed by atoms with Crippen molar-refractivity contribution in [2.24, 2.45) is 0 Å². The summed E-state index contributed by atoms with van der Waals surface area (Å²) in [5.41, 5.74) is 1.48. The molecular weight excluding hydrogens is 158 g/mol. The second-order valence-corrected chi connectivity index (χ2v) is 3.30. The molecule has 0 N–H and O–H groups in total. The zero-order chi connectivity index (χ0) is 8.65. The Bertz CT molecular complexity index is 197. The maximum absolute atomic E-state index is 2.25. The van der Waals surface area contributed by atoms with E-state index in [0.717, 1.165) is 0 Å². The zero-order valence-electron chi connectivity index (χ0n) is 9.92. The third-order valence-corrected chi connectivity index (χ3v) is 2.16. The van der Waals surface area contributed by atoms with Crippen molar-refractivity contribution in [3.63, 3.8) is 0 Å². The van der Waals surface area contributed by atoms with Crippen LogP contribution in [0.25, 0.3) is 0 Å². The first-order valence-corrected chi connectivity index (χ1v) is 4.97. The van der Waals surface area contributed by atoms with Gasteiger partial charge in [0.15, 0.2) is 0 Å². The van der Waals surface area contributed by atoms with Crippen LogP contribution in [0.5, 0.6) is 0 Å². The molecule has 1 aromatic rings. The summed E-state index contributed by atoms with van der Waals surface area (Å²) in [5, 5.41) is 0. The maximum Gasteiger partial charge on any atom is 0 e. The van der Waals surface area contributed by atoms with Gasteiger partial charge in [0, 0.05) is 37.7 Å². The van der Waals surface area contributed by atoms with E-state index in [9.17, 15) is 0 Å². The molecule has 0 saturated carbocycles. The molecule has 0 fully saturated rings. The van der Waals surface area contributed by atoms with Crippen LogP contribution in [0.3, 0.4) is 0 Å². The quantitative estimate of drug-likeness (QED) is 0.477. The van der Waals surface area contributed by atoms with Gasteiger partial charge in [-0.3, -0.25) is 0 Å². The van der Waals surface area contributed by atoms with Crippen LogP contribution in [0.2, 0.25) is 0 Å². The van der Waals surface area contributed by atoms with Crippen molar-refractivity contribution in [2.45, 2.75) is 39.0 Å². The molecule has 14 heavy (non-hydrogen) atoms. The van der Waals surface area contributed by atoms with E-state index in [1.165, 1.54) is 37.7 Å². The molecule has 0 saturated heterocycles. The standard InChI is InChI=1S/C12H18.2Li/c1-2-3-4-6-9-12-10-7-5-8-11-12;;/h5,7-8,10-11H,2-4,6,9H2,1H3;;. The summed E-state index contributed by atoms with van der Waals surface area (Å²) in [4.78, 5) is 0. The first-order valence-electron chi connectivity index (χ1n) is 4.97. The van der Waals surface area contributed by atoms with Gasteiger partial charge in [0.1, 0.15) is 0 Å². The van der Waals surface area contributed by atoms with Crippen molar-refractivity contribution in [3.8, 4) is 0 Å². The molecule has 0 aliphatic heterocycles. The fourth-order valence-corrected chi connectivity index (χ4v) is 1.40. The van der Waals surface area contributed by atoms with Crippen molar-refractivity contribution in [1.29, 1.82) is 0 Å². The average molecular weight is 176 g/mol. The fraction of sp³-hybridized carbons (Fsp3) is 0.500. The molecule has 0 nitrogen and oxygen atoms in total. The van der Waals surface area contributed by atoms with E-state index in [2.05, 4.69) is 37.3 Å². The SMILES string of the molecule is CCCCCCc1ccccc1.[Li].[Li]. The third kappa shape index (κ3) is 7.79. The van der Waals surface area contributed by atoms with Gasteiger partial charge >= 0.3 is 0 Å². The molecule has 0 spiro atoms. The largest absolute Gasteiger partial charge is 0.0654 e. The molecule has 0 heterocycles. The normalized spacial score (nSPS) is 8.64. The molecule has 0 aromatic heterocycles. The van der Waals surface area contributed by atoms with Crippen molar-refractivity contribution in [3.05, 3.63) is 35.9 Å². The molecule has 0 amide bonds. The van der Waals surface area contributed by atoms with E-state index in [1.807, 2.05) is 0 Å². The summed E-state index contributed by atoms with van der Waals surface area (Å²) in [6, 6.07) is 10.7. The van der Waals surface area contributed by atoms with Gasteiger partial charge in [0.05, 0.1) is 0 Å². The van der Waals surface area contributed by atoms with E-state index in [-0.39, 0.29) is 37.7 Å². The monoisotopic (exact) mass is 176 g/mol. The van der Waals surface area contributed by atoms with Gasteiger partial charge in [-0.15, -0.1) is 0 Å². The summed E-state index contributed by atoms with van der Waals surface area (Å²) in [5.74, 6) is 0. The Morgan fingerprint density at radius 2 is 1.50 bits per heavy atom. The topological polar surface area (TPSA) is 0 Å². The van der Waals surface area contributed by atoms with Gasteiger partial charge in [-0.05, 0) is 18.4 Å². The predicted octanol–water partition coefficient (Wildman–Crippen LogP) is 3.05. The zero-order valence-corrected chi connectivity index (χ0v) is 9.92. The van der Waals surface area contributed by atoms with E-state index < -0.39 is 0 Å². The Balaban J connectivity index is 0. The van der Waals surface area contributed by atoms with Crippen LogP contribution in [-0.4, -0.2) is 37.7 Å². The van der Waals surface area contributed by atoms with E-state index in [4.69, 9.17) is 0 Å². The average Bonchev–Trinajstić information content (AvgIpc) is 2.14. The van der Waals surface area contributed by atoms with Crippen LogP contribution in [-0.2, 0) is 6.42 Å². The Kier molecular flexibility index (Phi) is 13.8. The van der Waals surface area contributed by atoms with E-state index >= 15 is 0 Å². The van der Waals surface area contributed by atoms with Crippen molar-refractivity contribution >= 4 is 37.7 Å². The predicted molar refractivity (Wildman–Crippen MR) is 65.8 cm³/mol. The van der Waals surface area contributed by atoms with Crippen LogP contribution < -0.4 is 0 Å². The molecule has 1 aromatic carbocycles. The molecule has 68 valence electrons. The minimum Gasteiger partial charge on any atom is -0.0654 e. The number of hydrogen-bond donors (Lipinski definition) is 0. The van der Waals surface area contributed by atoms with Gasteiger partial charge in [-0.25, -0.2) is 0 Å². The van der Waals surface area contributed by atoms with Gasteiger partial charge in [-0.2, -0.15) is 0 Å². The number of hydrogen-bond acceptors (Lipinski definition) is 0. The minimum absolute atomic E-state index is 0. The van der Waals surface area contributed by atoms with E-state index in [1.54, 1.807) is 0 Å². The second kappa shape index (κ2) is 11.5. The van der Waals surface area contributed by atoms with Crippen molar-refractivity contribution in [1.82, 2.24) is 0 Å². The second-order valence-electron chi connectivity index (χ2n) is 3.30. The van der Waals surface area contributed by atoms with Crippen molar-refractivity contribution in [2.75, 3.05) is 0 Å². The molecule has 1 rings (SSSR count). The molecule has 2 heteroatoms. The van der Waals surface area contributed by atoms with Gasteiger partial charge in [0.2, 0.25) is 0 Å². The van der Waals surface area contributed by atoms with Crippen LogP contribution in [0.1, 0.15) is 38.2 Å². The number of aryl methyl sites for hydroxylation is 1. The fourth-order valence-electron chi connectivity index (χ4n) is 1.40. The molecule has 0 aliphatic rings. The Morgan fingerprint density at radius 3 is 2.07 bits per heavy atom. The third-order valence-electron chi connectivity index (χ3n) is 2.16. The molecule has 2 radical (unpaired) electrons. The first kappa shape index (κ1) is 16.8.